The maximum Gasteiger partial charge on any atom is 0.155 e. The van der Waals surface area contributed by atoms with Gasteiger partial charge in [-0.1, -0.05) is 38.7 Å². The summed E-state index contributed by atoms with van der Waals surface area (Å²) >= 11 is 0. The molecule has 0 aliphatic rings. The molecule has 0 heterocycles. The van der Waals surface area contributed by atoms with E-state index in [4.69, 9.17) is 0 Å². The first kappa shape index (κ1) is 11.4. The van der Waals surface area contributed by atoms with Gasteiger partial charge in [0, 0.05) is 6.42 Å². The lowest BCUT2D eigenvalue weighted by Gasteiger charge is -1.96. The lowest BCUT2D eigenvalue weighted by molar-refractivity contribution is -0.114. The highest BCUT2D eigenvalue weighted by Gasteiger charge is 1.95. The smallest absolute Gasteiger partial charge is 0.155 e. The fraction of sp³-hybridized carbons (Fsp3) is 0.727. The molecule has 0 saturated heterocycles. The van der Waals surface area contributed by atoms with Crippen LogP contribution in [0.5, 0.6) is 0 Å². The second kappa shape index (κ2) is 8.51. The van der Waals surface area contributed by atoms with E-state index in [0.717, 1.165) is 12.8 Å². The third kappa shape index (κ3) is 7.52. The first-order valence-electron chi connectivity index (χ1n) is 4.96. The van der Waals surface area contributed by atoms with E-state index in [1.807, 2.05) is 13.0 Å². The SMILES string of the molecule is C/C=C/C(=O)CCCCCCC. The van der Waals surface area contributed by atoms with Crippen molar-refractivity contribution >= 4 is 5.78 Å². The second-order valence-electron chi connectivity index (χ2n) is 3.13. The van der Waals surface area contributed by atoms with Gasteiger partial charge in [0.2, 0.25) is 0 Å². The first-order chi connectivity index (χ1) is 5.81. The fourth-order valence-electron chi connectivity index (χ4n) is 1.17. The van der Waals surface area contributed by atoms with E-state index in [0.29, 0.717) is 0 Å². The molecule has 0 unspecified atom stereocenters. The Bertz CT molecular complexity index is 136. The minimum absolute atomic E-state index is 0.272. The Hall–Kier alpha value is -0.590. The monoisotopic (exact) mass is 168 g/mol. The molecule has 0 atom stereocenters. The molecule has 0 aliphatic heterocycles. The quantitative estimate of drug-likeness (QED) is 0.420. The van der Waals surface area contributed by atoms with E-state index in [1.54, 1.807) is 6.08 Å². The molecule has 0 N–H and O–H groups in total. The van der Waals surface area contributed by atoms with Gasteiger partial charge >= 0.3 is 0 Å². The van der Waals surface area contributed by atoms with Crippen molar-refractivity contribution in [3.63, 3.8) is 0 Å². The number of carbonyl (C=O) groups excluding carboxylic acids is 1. The van der Waals surface area contributed by atoms with Gasteiger partial charge < -0.3 is 0 Å². The minimum atomic E-state index is 0.272. The number of unbranched alkanes of at least 4 members (excludes halogenated alkanes) is 4. The standard InChI is InChI=1S/C11H20O/c1-3-5-6-7-8-10-11(12)9-4-2/h4,9H,3,5-8,10H2,1-2H3/b9-4+. The molecule has 1 nitrogen and oxygen atoms in total. The average Bonchev–Trinajstić information content (AvgIpc) is 2.05. The Kier molecular flexibility index (Phi) is 8.09. The van der Waals surface area contributed by atoms with Crippen molar-refractivity contribution in [2.45, 2.75) is 52.4 Å². The molecule has 0 amide bonds. The van der Waals surface area contributed by atoms with Gasteiger partial charge in [0.1, 0.15) is 0 Å². The molecule has 1 heteroatoms. The van der Waals surface area contributed by atoms with Gasteiger partial charge in [0.25, 0.3) is 0 Å². The highest BCUT2D eigenvalue weighted by molar-refractivity contribution is 5.89. The van der Waals surface area contributed by atoms with Crippen LogP contribution in [0.25, 0.3) is 0 Å². The zero-order chi connectivity index (χ0) is 9.23. The Balaban J connectivity index is 3.14. The Morgan fingerprint density at radius 1 is 1.17 bits per heavy atom. The molecular weight excluding hydrogens is 148 g/mol. The lowest BCUT2D eigenvalue weighted by atomic mass is 10.1. The third-order valence-corrected chi connectivity index (χ3v) is 1.88. The molecule has 0 aromatic rings. The number of carbonyl (C=O) groups is 1. The molecule has 0 aliphatic carbocycles. The summed E-state index contributed by atoms with van der Waals surface area (Å²) in [4.78, 5) is 11.0. The van der Waals surface area contributed by atoms with Crippen LogP contribution >= 0.6 is 0 Å². The van der Waals surface area contributed by atoms with Crippen LogP contribution in [0, 0.1) is 0 Å². The van der Waals surface area contributed by atoms with Gasteiger partial charge in [-0.05, 0) is 19.4 Å². The summed E-state index contributed by atoms with van der Waals surface area (Å²) in [6.45, 7) is 4.08. The molecule has 0 bridgehead atoms. The zero-order valence-electron chi connectivity index (χ0n) is 8.31. The number of ketones is 1. The predicted octanol–water partition coefficient (Wildman–Crippen LogP) is 3.49. The predicted molar refractivity (Wildman–Crippen MR) is 53.2 cm³/mol. The van der Waals surface area contributed by atoms with E-state index in [1.165, 1.54) is 25.7 Å². The minimum Gasteiger partial charge on any atom is -0.295 e. The molecular formula is C11H20O. The van der Waals surface area contributed by atoms with Crippen LogP contribution in [0.4, 0.5) is 0 Å². The van der Waals surface area contributed by atoms with Gasteiger partial charge in [-0.3, -0.25) is 4.79 Å². The highest BCUT2D eigenvalue weighted by Crippen LogP contribution is 2.05. The van der Waals surface area contributed by atoms with E-state index >= 15 is 0 Å². The van der Waals surface area contributed by atoms with Crippen molar-refractivity contribution in [2.24, 2.45) is 0 Å². The van der Waals surface area contributed by atoms with Gasteiger partial charge in [-0.2, -0.15) is 0 Å². The molecule has 0 fully saturated rings. The molecule has 0 rings (SSSR count). The summed E-state index contributed by atoms with van der Waals surface area (Å²) in [6, 6.07) is 0. The normalized spacial score (nSPS) is 10.8. The van der Waals surface area contributed by atoms with Gasteiger partial charge in [0.05, 0.1) is 0 Å². The molecule has 0 spiro atoms. The summed E-state index contributed by atoms with van der Waals surface area (Å²) in [5.74, 6) is 0.272. The molecule has 0 saturated carbocycles. The Morgan fingerprint density at radius 2 is 1.83 bits per heavy atom. The van der Waals surface area contributed by atoms with Crippen molar-refractivity contribution in [2.75, 3.05) is 0 Å². The topological polar surface area (TPSA) is 17.1 Å². The molecule has 0 aromatic heterocycles. The average molecular weight is 168 g/mol. The summed E-state index contributed by atoms with van der Waals surface area (Å²) in [5, 5.41) is 0. The van der Waals surface area contributed by atoms with E-state index in [9.17, 15) is 4.79 Å². The van der Waals surface area contributed by atoms with Crippen LogP contribution in [0.15, 0.2) is 12.2 Å². The number of allylic oxidation sites excluding steroid dienone is 2. The largest absolute Gasteiger partial charge is 0.295 e. The summed E-state index contributed by atoms with van der Waals surface area (Å²) < 4.78 is 0. The maximum absolute atomic E-state index is 11.0. The van der Waals surface area contributed by atoms with Crippen molar-refractivity contribution < 1.29 is 4.79 Å². The Morgan fingerprint density at radius 3 is 2.42 bits per heavy atom. The molecule has 70 valence electrons. The maximum atomic E-state index is 11.0. The Labute approximate surface area is 75.9 Å². The lowest BCUT2D eigenvalue weighted by Crippen LogP contribution is -1.91. The number of hydrogen-bond donors (Lipinski definition) is 0. The summed E-state index contributed by atoms with van der Waals surface area (Å²) in [6.07, 6.45) is 10.3. The van der Waals surface area contributed by atoms with Gasteiger partial charge in [0.15, 0.2) is 5.78 Å². The summed E-state index contributed by atoms with van der Waals surface area (Å²) in [7, 11) is 0. The van der Waals surface area contributed by atoms with Crippen molar-refractivity contribution in [1.29, 1.82) is 0 Å². The molecule has 12 heavy (non-hydrogen) atoms. The molecule has 0 aromatic carbocycles. The van der Waals surface area contributed by atoms with E-state index < -0.39 is 0 Å². The van der Waals surface area contributed by atoms with Crippen molar-refractivity contribution in [1.82, 2.24) is 0 Å². The van der Waals surface area contributed by atoms with Crippen LogP contribution in [-0.2, 0) is 4.79 Å². The van der Waals surface area contributed by atoms with Gasteiger partial charge in [-0.15, -0.1) is 0 Å². The number of rotatable bonds is 7. The third-order valence-electron chi connectivity index (χ3n) is 1.88. The fourth-order valence-corrected chi connectivity index (χ4v) is 1.17. The number of hydrogen-bond acceptors (Lipinski definition) is 1. The van der Waals surface area contributed by atoms with Crippen LogP contribution < -0.4 is 0 Å². The van der Waals surface area contributed by atoms with E-state index in [-0.39, 0.29) is 5.78 Å². The second-order valence-corrected chi connectivity index (χ2v) is 3.13. The first-order valence-corrected chi connectivity index (χ1v) is 4.96. The molecule has 0 radical (unpaired) electrons. The zero-order valence-corrected chi connectivity index (χ0v) is 8.31. The van der Waals surface area contributed by atoms with Crippen LogP contribution in [0.1, 0.15) is 52.4 Å². The van der Waals surface area contributed by atoms with E-state index in [2.05, 4.69) is 6.92 Å². The van der Waals surface area contributed by atoms with Crippen LogP contribution in [0.2, 0.25) is 0 Å². The summed E-state index contributed by atoms with van der Waals surface area (Å²) in [5.41, 5.74) is 0. The highest BCUT2D eigenvalue weighted by atomic mass is 16.1. The van der Waals surface area contributed by atoms with Crippen LogP contribution in [-0.4, -0.2) is 5.78 Å². The van der Waals surface area contributed by atoms with Crippen molar-refractivity contribution in [3.8, 4) is 0 Å². The van der Waals surface area contributed by atoms with Crippen molar-refractivity contribution in [3.05, 3.63) is 12.2 Å². The van der Waals surface area contributed by atoms with Crippen LogP contribution in [0.3, 0.4) is 0 Å². The van der Waals surface area contributed by atoms with Gasteiger partial charge in [-0.25, -0.2) is 0 Å².